The first-order valence-corrected chi connectivity index (χ1v) is 20.9. The summed E-state index contributed by atoms with van der Waals surface area (Å²) in [5.41, 5.74) is 0.300. The van der Waals surface area contributed by atoms with Gasteiger partial charge in [-0.25, -0.2) is 0 Å². The van der Waals surface area contributed by atoms with Gasteiger partial charge in [-0.2, -0.15) is 0 Å². The highest BCUT2D eigenvalue weighted by Gasteiger charge is 2.40. The minimum absolute atomic E-state index is 0.0275. The van der Waals surface area contributed by atoms with Gasteiger partial charge in [-0.05, 0) is 32.5 Å². The van der Waals surface area contributed by atoms with Crippen LogP contribution < -0.4 is 26.6 Å². The van der Waals surface area contributed by atoms with E-state index in [1.54, 1.807) is 25.1 Å². The van der Waals surface area contributed by atoms with Gasteiger partial charge in [-0.15, -0.1) is 0 Å². The van der Waals surface area contributed by atoms with E-state index in [4.69, 9.17) is 42.6 Å². The summed E-state index contributed by atoms with van der Waals surface area (Å²) in [5, 5.41) is 13.5. The van der Waals surface area contributed by atoms with Gasteiger partial charge in [0.05, 0.1) is 123 Å². The number of hydrogen-bond donors (Lipinski definition) is 5. The number of likely N-dealkylation sites (N-methyl/N-ethyl adjacent to an activating group) is 1. The topological polar surface area (TPSA) is 249 Å². The van der Waals surface area contributed by atoms with Crippen LogP contribution in [0.4, 0.5) is 5.69 Å². The van der Waals surface area contributed by atoms with Crippen molar-refractivity contribution in [2.75, 3.05) is 157 Å². The van der Waals surface area contributed by atoms with Crippen LogP contribution in [0.25, 0.3) is 0 Å². The number of benzene rings is 1. The molecular weight excluding hydrogens is 816 g/mol. The van der Waals surface area contributed by atoms with Crippen molar-refractivity contribution in [1.29, 1.82) is 0 Å². The van der Waals surface area contributed by atoms with Gasteiger partial charge in [-0.1, -0.05) is 13.0 Å². The van der Waals surface area contributed by atoms with Crippen LogP contribution >= 0.6 is 0 Å². The van der Waals surface area contributed by atoms with Crippen LogP contribution in [0.3, 0.4) is 0 Å². The summed E-state index contributed by atoms with van der Waals surface area (Å²) in [6, 6.07) is 4.33. The van der Waals surface area contributed by atoms with E-state index in [9.17, 15) is 28.8 Å². The summed E-state index contributed by atoms with van der Waals surface area (Å²) >= 11 is 0. The lowest BCUT2D eigenvalue weighted by molar-refractivity contribution is -0.129. The first-order valence-electron chi connectivity index (χ1n) is 20.9. The summed E-state index contributed by atoms with van der Waals surface area (Å²) in [5.74, 6) is -1.80. The fourth-order valence-electron chi connectivity index (χ4n) is 5.74. The summed E-state index contributed by atoms with van der Waals surface area (Å²) in [4.78, 5) is 72.7. The van der Waals surface area contributed by atoms with Crippen molar-refractivity contribution < 1.29 is 71.4 Å². The third kappa shape index (κ3) is 23.3. The van der Waals surface area contributed by atoms with Crippen LogP contribution in [-0.2, 0) is 61.8 Å². The van der Waals surface area contributed by atoms with Gasteiger partial charge in [0.2, 0.25) is 24.6 Å². The van der Waals surface area contributed by atoms with Crippen LogP contribution in [-0.4, -0.2) is 200 Å². The molecule has 5 N–H and O–H groups in total. The van der Waals surface area contributed by atoms with Gasteiger partial charge in [0.15, 0.2) is 0 Å². The standard InChI is InChI=1S/C41H68N6O15/c1-33(7-8-36(50)46-32-49)47-39(52)34-5-4-6-35(38(34)40(47)53)44-9-10-45-37(51)27-62-30-41(2,28-60-25-23-58-21-19-56-17-15-54-13-11-42-3)29-61-26-24-59-22-20-57-18-16-55-14-12-43-31-48/h4-6,31-33,42,44H,7-30H2,1-3H3,(H,43,48)(H,45,51)(H,46,49,50). The second-order valence-corrected chi connectivity index (χ2v) is 14.3. The summed E-state index contributed by atoms with van der Waals surface area (Å²) < 4.78 is 50.5. The summed E-state index contributed by atoms with van der Waals surface area (Å²) in [7, 11) is 1.87. The predicted molar refractivity (Wildman–Crippen MR) is 225 cm³/mol. The van der Waals surface area contributed by atoms with E-state index in [0.717, 1.165) is 11.4 Å². The maximum atomic E-state index is 13.3. The second kappa shape index (κ2) is 34.3. The van der Waals surface area contributed by atoms with E-state index >= 15 is 0 Å². The molecule has 352 valence electrons. The molecule has 1 heterocycles. The smallest absolute Gasteiger partial charge is 0.263 e. The number of hydrogen-bond acceptors (Lipinski definition) is 17. The maximum absolute atomic E-state index is 13.3. The Labute approximate surface area is 364 Å². The van der Waals surface area contributed by atoms with E-state index in [0.29, 0.717) is 111 Å². The number of anilines is 1. The number of nitrogens with one attached hydrogen (secondary N) is 5. The molecule has 1 aliphatic heterocycles. The molecule has 21 nitrogen and oxygen atoms in total. The largest absolute Gasteiger partial charge is 0.383 e. The van der Waals surface area contributed by atoms with Crippen LogP contribution in [0.1, 0.15) is 47.4 Å². The Morgan fingerprint density at radius 1 is 0.661 bits per heavy atom. The zero-order valence-electron chi connectivity index (χ0n) is 36.5. The SMILES string of the molecule is CNCCOCCOCCOCCOCC(C)(COCCOCCOCCOCCNC=O)COCC(=O)NCCNc1cccc2c1C(=O)N(C(C)CCC(=O)NC=O)C2=O. The molecule has 1 aromatic rings. The highest BCUT2D eigenvalue weighted by atomic mass is 16.6. The van der Waals surface area contributed by atoms with E-state index in [2.05, 4.69) is 21.3 Å². The van der Waals surface area contributed by atoms with Crippen molar-refractivity contribution in [3.8, 4) is 0 Å². The fraction of sp³-hybridized carbons (Fsp3) is 0.707. The maximum Gasteiger partial charge on any atom is 0.263 e. The van der Waals surface area contributed by atoms with Crippen molar-refractivity contribution in [3.63, 3.8) is 0 Å². The van der Waals surface area contributed by atoms with Gasteiger partial charge in [0, 0.05) is 49.7 Å². The molecule has 2 atom stereocenters. The molecule has 2 unspecified atom stereocenters. The molecule has 1 aromatic carbocycles. The van der Waals surface area contributed by atoms with Gasteiger partial charge in [0.1, 0.15) is 6.61 Å². The third-order valence-corrected chi connectivity index (χ3v) is 8.95. The van der Waals surface area contributed by atoms with Gasteiger partial charge in [-0.3, -0.25) is 39.0 Å². The number of fused-ring (bicyclic) bond motifs is 1. The molecule has 2 rings (SSSR count). The molecule has 0 radical (unpaired) electrons. The quantitative estimate of drug-likeness (QED) is 0.0312. The molecule has 0 aromatic heterocycles. The Hall–Kier alpha value is -4.16. The van der Waals surface area contributed by atoms with E-state index < -0.39 is 29.2 Å². The van der Waals surface area contributed by atoms with E-state index in [1.807, 2.05) is 19.3 Å². The molecule has 0 bridgehead atoms. The number of amides is 6. The molecule has 21 heteroatoms. The Bertz CT molecular complexity index is 1440. The molecule has 0 saturated heterocycles. The van der Waals surface area contributed by atoms with Crippen molar-refractivity contribution in [3.05, 3.63) is 29.3 Å². The Kier molecular flexibility index (Phi) is 29.9. The Balaban J connectivity index is 1.74. The highest BCUT2D eigenvalue weighted by molar-refractivity contribution is 6.24. The molecule has 1 aliphatic rings. The lowest BCUT2D eigenvalue weighted by atomic mass is 9.94. The number of rotatable bonds is 42. The molecular formula is C41H68N6O15. The van der Waals surface area contributed by atoms with Crippen molar-refractivity contribution in [2.24, 2.45) is 5.41 Å². The van der Waals surface area contributed by atoms with Gasteiger partial charge >= 0.3 is 0 Å². The fourth-order valence-corrected chi connectivity index (χ4v) is 5.74. The number of imide groups is 2. The van der Waals surface area contributed by atoms with Crippen LogP contribution in [0.5, 0.6) is 0 Å². The Morgan fingerprint density at radius 2 is 1.19 bits per heavy atom. The number of nitrogens with zero attached hydrogens (tertiary/aromatic N) is 1. The first kappa shape index (κ1) is 54.0. The third-order valence-electron chi connectivity index (χ3n) is 8.95. The van der Waals surface area contributed by atoms with Crippen molar-refractivity contribution in [2.45, 2.75) is 32.7 Å². The summed E-state index contributed by atoms with van der Waals surface area (Å²) in [6.07, 6.45) is 1.07. The van der Waals surface area contributed by atoms with Crippen LogP contribution in [0.15, 0.2) is 18.2 Å². The monoisotopic (exact) mass is 884 g/mol. The predicted octanol–water partition coefficient (Wildman–Crippen LogP) is -0.627. The van der Waals surface area contributed by atoms with Gasteiger partial charge < -0.3 is 63.9 Å². The van der Waals surface area contributed by atoms with Crippen LogP contribution in [0, 0.1) is 5.41 Å². The average Bonchev–Trinajstić information content (AvgIpc) is 3.52. The Morgan fingerprint density at radius 3 is 1.74 bits per heavy atom. The normalized spacial score (nSPS) is 13.7. The number of ether oxygens (including phenoxy) is 9. The van der Waals surface area contributed by atoms with Gasteiger partial charge in [0.25, 0.3) is 11.8 Å². The summed E-state index contributed by atoms with van der Waals surface area (Å²) in [6.45, 7) is 11.7. The molecule has 0 spiro atoms. The molecule has 62 heavy (non-hydrogen) atoms. The van der Waals surface area contributed by atoms with E-state index in [1.165, 1.54) is 0 Å². The zero-order chi connectivity index (χ0) is 45.1. The highest BCUT2D eigenvalue weighted by Crippen LogP contribution is 2.31. The van der Waals surface area contributed by atoms with E-state index in [-0.39, 0.29) is 75.8 Å². The number of carbonyl (C=O) groups excluding carboxylic acids is 6. The minimum Gasteiger partial charge on any atom is -0.383 e. The molecule has 6 amide bonds. The lowest BCUT2D eigenvalue weighted by Crippen LogP contribution is -2.39. The van der Waals surface area contributed by atoms with Crippen LogP contribution in [0.2, 0.25) is 0 Å². The first-order chi connectivity index (χ1) is 30.2. The zero-order valence-corrected chi connectivity index (χ0v) is 36.5. The second-order valence-electron chi connectivity index (χ2n) is 14.3. The average molecular weight is 885 g/mol. The molecule has 0 aliphatic carbocycles. The molecule has 0 saturated carbocycles. The molecule has 0 fully saturated rings. The van der Waals surface area contributed by atoms with Crippen molar-refractivity contribution in [1.82, 2.24) is 26.2 Å². The minimum atomic E-state index is -0.604. The number of carbonyl (C=O) groups is 6. The van der Waals surface area contributed by atoms with Crippen molar-refractivity contribution >= 4 is 42.1 Å². The lowest BCUT2D eigenvalue weighted by Gasteiger charge is -2.29.